The van der Waals surface area contributed by atoms with Crippen LogP contribution in [0.3, 0.4) is 0 Å². The van der Waals surface area contributed by atoms with Crippen LogP contribution in [0.1, 0.15) is 23.5 Å². The van der Waals surface area contributed by atoms with Crippen molar-refractivity contribution in [3.8, 4) is 0 Å². The van der Waals surface area contributed by atoms with E-state index >= 15 is 0 Å². The Bertz CT molecular complexity index is 529. The number of pyridine rings is 1. The second kappa shape index (κ2) is 7.96. The summed E-state index contributed by atoms with van der Waals surface area (Å²) in [6.45, 7) is 4.00. The number of carbonyl (C=O) groups is 1. The maximum atomic E-state index is 10.9. The van der Waals surface area contributed by atoms with Gasteiger partial charge in [0.1, 0.15) is 0 Å². The molecule has 0 aromatic carbocycles. The van der Waals surface area contributed by atoms with Gasteiger partial charge in [-0.2, -0.15) is 0 Å². The quantitative estimate of drug-likeness (QED) is 0.789. The first-order valence-electron chi connectivity index (χ1n) is 4.68. The number of amides is 1. The predicted molar refractivity (Wildman–Crippen MR) is 71.7 cm³/mol. The Morgan fingerprint density at radius 3 is 2.53 bits per heavy atom. The number of nitrogen functional groups attached to an aromatic ring is 1. The molecule has 2 heterocycles. The summed E-state index contributed by atoms with van der Waals surface area (Å²) in [7, 11) is 0. The van der Waals surface area contributed by atoms with Gasteiger partial charge in [-0.05, 0) is 15.9 Å². The number of nitrogens with zero attached hydrogens (tertiary/aromatic N) is 1. The van der Waals surface area contributed by atoms with E-state index in [1.54, 1.807) is 12.4 Å². The molecule has 0 radical (unpaired) electrons. The zero-order valence-electron chi connectivity index (χ0n) is 9.87. The van der Waals surface area contributed by atoms with E-state index in [1.807, 2.05) is 13.8 Å². The normalized spacial score (nSPS) is 9.12. The molecule has 0 aliphatic heterocycles. The first-order valence-corrected chi connectivity index (χ1v) is 6.29. The van der Waals surface area contributed by atoms with Gasteiger partial charge >= 0.3 is 58.2 Å². The van der Waals surface area contributed by atoms with E-state index in [-0.39, 0.29) is 63.1 Å². The van der Waals surface area contributed by atoms with Crippen LogP contribution in [0.2, 0.25) is 0 Å². The zero-order chi connectivity index (χ0) is 12.3. The number of nitrogens with one attached hydrogen (secondary N) is 1. The summed E-state index contributed by atoms with van der Waals surface area (Å²) < 4.78 is 1.56. The van der Waals surface area contributed by atoms with Gasteiger partial charge in [0.2, 0.25) is 0 Å². The molecule has 0 saturated carbocycles. The number of hydrogen-bond acceptors (Lipinski definition) is 4. The topological polar surface area (TPSA) is 79.8 Å². The maximum absolute atomic E-state index is 10.9. The fourth-order valence-electron chi connectivity index (χ4n) is 1.20. The summed E-state index contributed by atoms with van der Waals surface area (Å²) in [5, 5.41) is 0.764. The first kappa shape index (κ1) is 17.7. The molecule has 0 bridgehead atoms. The van der Waals surface area contributed by atoms with E-state index in [4.69, 9.17) is 11.5 Å². The molecule has 2 aromatic heterocycles. The van der Waals surface area contributed by atoms with Crippen LogP contribution in [0, 0.1) is 0 Å². The van der Waals surface area contributed by atoms with Crippen LogP contribution in [-0.4, -0.2) is 10.9 Å². The fourth-order valence-corrected chi connectivity index (χ4v) is 2.84. The molecule has 0 aliphatic rings. The minimum atomic E-state index is -0.754. The second-order valence-corrected chi connectivity index (χ2v) is 4.57. The Balaban J connectivity index is 0.000000811. The molecule has 0 unspecified atom stereocenters. The molecule has 2 rings (SSSR count). The smallest absolute Gasteiger partial charge is 0.663 e. The van der Waals surface area contributed by atoms with Crippen molar-refractivity contribution in [3.05, 3.63) is 27.5 Å². The molecule has 0 atom stereocenters. The summed E-state index contributed by atoms with van der Waals surface area (Å²) in [6.07, 6.45) is 3.25. The van der Waals surface area contributed by atoms with Crippen molar-refractivity contribution < 1.29 is 63.0 Å². The molecule has 1 amide bonds. The molecule has 2 aromatic rings. The van der Waals surface area contributed by atoms with Crippen LogP contribution in [0.5, 0.6) is 0 Å². The van der Waals surface area contributed by atoms with Gasteiger partial charge in [-0.25, -0.2) is 0 Å². The third-order valence-electron chi connectivity index (χ3n) is 1.80. The molecule has 86 valence electrons. The fraction of sp³-hybridized carbons (Fsp3) is 0.200. The van der Waals surface area contributed by atoms with Crippen molar-refractivity contribution in [3.63, 3.8) is 0 Å². The average Bonchev–Trinajstić information content (AvgIpc) is 2.60. The predicted octanol–water partition coefficient (Wildman–Crippen LogP) is 0.864. The number of nitrogens with two attached hydrogens (primary N) is 1. The van der Waals surface area contributed by atoms with Gasteiger partial charge in [0.05, 0.1) is 21.2 Å². The van der Waals surface area contributed by atoms with Crippen LogP contribution in [0.4, 0.5) is 5.69 Å². The first-order chi connectivity index (χ1) is 7.61. The second-order valence-electron chi connectivity index (χ2n) is 2.67. The van der Waals surface area contributed by atoms with Crippen molar-refractivity contribution in [2.45, 2.75) is 13.8 Å². The Morgan fingerprint density at radius 1 is 1.47 bits per heavy atom. The summed E-state index contributed by atoms with van der Waals surface area (Å²) in [5.74, 6) is -0.754. The number of thiophene rings is 1. The summed E-state index contributed by atoms with van der Waals surface area (Å²) in [5.41, 5.74) is 13.1. The third kappa shape index (κ3) is 3.81. The largest absolute Gasteiger partial charge is 1.00 e. The number of carbonyl (C=O) groups excluding carboxylic acids is 1. The average molecular weight is 387 g/mol. The van der Waals surface area contributed by atoms with Gasteiger partial charge < -0.3 is 16.3 Å². The van der Waals surface area contributed by atoms with E-state index in [1.165, 1.54) is 11.3 Å². The standard InChI is InChI=1S/C8H6BrN3OS.C2H6.Rb/c9-3-1-12-2-4-5(3)6(10)7(14-4)8(11)13;1-2;/h1-2H,(H4,10,11,13);1-2H3;/q;;+1/p-1. The van der Waals surface area contributed by atoms with Crippen molar-refractivity contribution in [2.24, 2.45) is 0 Å². The monoisotopic (exact) mass is 385 g/mol. The summed E-state index contributed by atoms with van der Waals surface area (Å²) >= 11 is 4.49. The van der Waals surface area contributed by atoms with Crippen molar-refractivity contribution in [2.75, 3.05) is 5.73 Å². The van der Waals surface area contributed by atoms with Crippen LogP contribution in [0.15, 0.2) is 16.9 Å². The molecule has 0 aliphatic carbocycles. The number of hydrogen-bond donors (Lipinski definition) is 1. The van der Waals surface area contributed by atoms with Crippen molar-refractivity contribution >= 4 is 48.9 Å². The van der Waals surface area contributed by atoms with E-state index < -0.39 is 5.91 Å². The van der Waals surface area contributed by atoms with Crippen LogP contribution in [0.25, 0.3) is 15.8 Å². The van der Waals surface area contributed by atoms with Crippen LogP contribution < -0.4 is 63.9 Å². The number of anilines is 1. The van der Waals surface area contributed by atoms with Gasteiger partial charge in [0, 0.05) is 22.3 Å². The van der Waals surface area contributed by atoms with Gasteiger partial charge in [0.25, 0.3) is 0 Å². The molecule has 0 fully saturated rings. The number of aromatic nitrogens is 1. The molecule has 0 saturated heterocycles. The van der Waals surface area contributed by atoms with Crippen LogP contribution >= 0.6 is 27.3 Å². The minimum absolute atomic E-state index is 0. The third-order valence-corrected chi connectivity index (χ3v) is 3.54. The Kier molecular flexibility index (Phi) is 8.27. The SMILES string of the molecule is CC.[NH-]C(=O)c1sc2cncc(Br)c2c1N.[Rb+]. The van der Waals surface area contributed by atoms with E-state index in [9.17, 15) is 4.79 Å². The Morgan fingerprint density at radius 2 is 2.06 bits per heavy atom. The number of rotatable bonds is 1. The maximum Gasteiger partial charge on any atom is 1.00 e. The van der Waals surface area contributed by atoms with Gasteiger partial charge in [0.15, 0.2) is 0 Å². The number of halogens is 1. The van der Waals surface area contributed by atoms with E-state index in [0.29, 0.717) is 5.69 Å². The summed E-state index contributed by atoms with van der Waals surface area (Å²) in [4.78, 5) is 15.1. The summed E-state index contributed by atoms with van der Waals surface area (Å²) in [6, 6.07) is 0. The van der Waals surface area contributed by atoms with Gasteiger partial charge in [-0.3, -0.25) is 4.98 Å². The van der Waals surface area contributed by atoms with Gasteiger partial charge in [-0.1, -0.05) is 13.8 Å². The molecular formula is C10H11BrN3ORbS. The van der Waals surface area contributed by atoms with Gasteiger partial charge in [-0.15, -0.1) is 11.3 Å². The Hall–Kier alpha value is 0.665. The van der Waals surface area contributed by atoms with Crippen LogP contribution in [-0.2, 0) is 0 Å². The van der Waals surface area contributed by atoms with E-state index in [0.717, 1.165) is 14.6 Å². The van der Waals surface area contributed by atoms with Crippen molar-refractivity contribution in [1.82, 2.24) is 4.98 Å². The molecule has 0 spiro atoms. The zero-order valence-corrected chi connectivity index (χ0v) is 17.2. The van der Waals surface area contributed by atoms with Crippen molar-refractivity contribution in [1.29, 1.82) is 0 Å². The molecule has 17 heavy (non-hydrogen) atoms. The molecular weight excluding hydrogens is 376 g/mol. The molecule has 7 heteroatoms. The molecule has 3 N–H and O–H groups in total. The minimum Gasteiger partial charge on any atom is -0.663 e. The molecule has 4 nitrogen and oxygen atoms in total. The Labute approximate surface area is 161 Å². The van der Waals surface area contributed by atoms with E-state index in [2.05, 4.69) is 20.9 Å². The number of fused-ring (bicyclic) bond motifs is 1.